The number of hydrogen-bond acceptors (Lipinski definition) is 2. The maximum absolute atomic E-state index is 13.1. The molecule has 1 saturated heterocycles. The molecule has 1 aliphatic heterocycles. The van der Waals surface area contributed by atoms with Gasteiger partial charge in [0.1, 0.15) is 0 Å². The average Bonchev–Trinajstić information content (AvgIpc) is 2.85. The molecule has 5 rings (SSSR count). The molecular weight excluding hydrogens is 250 g/mol. The van der Waals surface area contributed by atoms with Gasteiger partial charge in [0, 0.05) is 19.7 Å². The SMILES string of the molecule is O=C(N1CCC(CCO)C1)C12CC3CC(CC(C3)C1)C2. The van der Waals surface area contributed by atoms with E-state index in [0.29, 0.717) is 11.8 Å². The van der Waals surface area contributed by atoms with Crippen LogP contribution in [0.3, 0.4) is 0 Å². The molecule has 3 heteroatoms. The maximum atomic E-state index is 13.1. The maximum Gasteiger partial charge on any atom is 0.228 e. The molecule has 20 heavy (non-hydrogen) atoms. The lowest BCUT2D eigenvalue weighted by atomic mass is 9.49. The lowest BCUT2D eigenvalue weighted by Gasteiger charge is -2.56. The molecule has 0 spiro atoms. The predicted octanol–water partition coefficient (Wildman–Crippen LogP) is 2.43. The standard InChI is InChI=1S/C17H27NO2/c19-4-2-12-1-3-18(11-12)16(20)17-8-13-5-14(9-17)7-15(6-13)10-17/h12-15,19H,1-11H2. The van der Waals surface area contributed by atoms with Crippen molar-refractivity contribution in [2.24, 2.45) is 29.1 Å². The zero-order valence-electron chi connectivity index (χ0n) is 12.4. The second kappa shape index (κ2) is 4.72. The van der Waals surface area contributed by atoms with Gasteiger partial charge in [0.15, 0.2) is 0 Å². The van der Waals surface area contributed by atoms with Gasteiger partial charge in [-0.2, -0.15) is 0 Å². The second-order valence-corrected chi connectivity index (χ2v) is 8.12. The van der Waals surface area contributed by atoms with Crippen LogP contribution in [-0.2, 0) is 4.79 Å². The van der Waals surface area contributed by atoms with Crippen molar-refractivity contribution in [1.82, 2.24) is 4.90 Å². The summed E-state index contributed by atoms with van der Waals surface area (Å²) >= 11 is 0. The fraction of sp³-hybridized carbons (Fsp3) is 0.941. The molecule has 1 N–H and O–H groups in total. The summed E-state index contributed by atoms with van der Waals surface area (Å²) in [4.78, 5) is 15.3. The van der Waals surface area contributed by atoms with Crippen molar-refractivity contribution in [1.29, 1.82) is 0 Å². The van der Waals surface area contributed by atoms with Crippen LogP contribution in [0, 0.1) is 29.1 Å². The fourth-order valence-electron chi connectivity index (χ4n) is 6.14. The minimum Gasteiger partial charge on any atom is -0.396 e. The number of likely N-dealkylation sites (tertiary alicyclic amines) is 1. The Kier molecular flexibility index (Phi) is 3.10. The van der Waals surface area contributed by atoms with E-state index in [1.807, 2.05) is 0 Å². The summed E-state index contributed by atoms with van der Waals surface area (Å²) in [6, 6.07) is 0. The average molecular weight is 277 g/mol. The van der Waals surface area contributed by atoms with Gasteiger partial charge >= 0.3 is 0 Å². The summed E-state index contributed by atoms with van der Waals surface area (Å²) in [7, 11) is 0. The Hall–Kier alpha value is -0.570. The van der Waals surface area contributed by atoms with Crippen LogP contribution in [0.2, 0.25) is 0 Å². The first-order chi connectivity index (χ1) is 9.68. The van der Waals surface area contributed by atoms with Crippen molar-refractivity contribution in [3.63, 3.8) is 0 Å². The molecule has 0 aromatic heterocycles. The van der Waals surface area contributed by atoms with E-state index in [1.54, 1.807) is 0 Å². The smallest absolute Gasteiger partial charge is 0.228 e. The molecule has 1 heterocycles. The Labute approximate surface area is 121 Å². The molecular formula is C17H27NO2. The first kappa shape index (κ1) is 13.1. The van der Waals surface area contributed by atoms with Gasteiger partial charge in [-0.15, -0.1) is 0 Å². The van der Waals surface area contributed by atoms with Crippen LogP contribution in [0.4, 0.5) is 0 Å². The van der Waals surface area contributed by atoms with E-state index >= 15 is 0 Å². The fourth-order valence-corrected chi connectivity index (χ4v) is 6.14. The molecule has 5 aliphatic rings. The predicted molar refractivity (Wildman–Crippen MR) is 77.0 cm³/mol. The normalized spacial score (nSPS) is 46.1. The van der Waals surface area contributed by atoms with Crippen molar-refractivity contribution in [2.45, 2.75) is 51.4 Å². The highest BCUT2D eigenvalue weighted by atomic mass is 16.3. The van der Waals surface area contributed by atoms with Crippen LogP contribution < -0.4 is 0 Å². The van der Waals surface area contributed by atoms with E-state index in [-0.39, 0.29) is 12.0 Å². The van der Waals surface area contributed by atoms with Crippen LogP contribution in [-0.4, -0.2) is 35.6 Å². The van der Waals surface area contributed by atoms with Gasteiger partial charge < -0.3 is 10.0 Å². The molecule has 1 amide bonds. The van der Waals surface area contributed by atoms with Gasteiger partial charge in [-0.05, 0) is 75.0 Å². The minimum atomic E-state index is 0.0306. The summed E-state index contributed by atoms with van der Waals surface area (Å²) in [5.74, 6) is 3.57. The second-order valence-electron chi connectivity index (χ2n) is 8.12. The third-order valence-electron chi connectivity index (χ3n) is 6.60. The molecule has 1 unspecified atom stereocenters. The van der Waals surface area contributed by atoms with Crippen molar-refractivity contribution in [3.05, 3.63) is 0 Å². The molecule has 0 radical (unpaired) electrons. The third-order valence-corrected chi connectivity index (χ3v) is 6.60. The number of hydrogen-bond donors (Lipinski definition) is 1. The van der Waals surface area contributed by atoms with Crippen molar-refractivity contribution in [3.8, 4) is 0 Å². The molecule has 0 aromatic carbocycles. The van der Waals surface area contributed by atoms with E-state index < -0.39 is 0 Å². The number of carbonyl (C=O) groups excluding carboxylic acids is 1. The zero-order valence-corrected chi connectivity index (χ0v) is 12.4. The van der Waals surface area contributed by atoms with E-state index in [4.69, 9.17) is 5.11 Å². The number of carbonyl (C=O) groups is 1. The molecule has 4 bridgehead atoms. The largest absolute Gasteiger partial charge is 0.396 e. The van der Waals surface area contributed by atoms with Crippen LogP contribution in [0.1, 0.15) is 51.4 Å². The molecule has 5 fully saturated rings. The lowest BCUT2D eigenvalue weighted by molar-refractivity contribution is -0.156. The first-order valence-electron chi connectivity index (χ1n) is 8.59. The van der Waals surface area contributed by atoms with E-state index in [9.17, 15) is 4.79 Å². The van der Waals surface area contributed by atoms with Crippen LogP contribution in [0.5, 0.6) is 0 Å². The van der Waals surface area contributed by atoms with Crippen molar-refractivity contribution >= 4 is 5.91 Å². The van der Waals surface area contributed by atoms with Gasteiger partial charge in [0.25, 0.3) is 0 Å². The number of aliphatic hydroxyl groups excluding tert-OH is 1. The first-order valence-corrected chi connectivity index (χ1v) is 8.59. The zero-order chi connectivity index (χ0) is 13.7. The lowest BCUT2D eigenvalue weighted by Crippen LogP contribution is -2.54. The van der Waals surface area contributed by atoms with E-state index in [2.05, 4.69) is 4.90 Å². The number of nitrogens with zero attached hydrogens (tertiary/aromatic N) is 1. The summed E-state index contributed by atoms with van der Waals surface area (Å²) in [6.45, 7) is 2.11. The Bertz CT molecular complexity index is 371. The summed E-state index contributed by atoms with van der Waals surface area (Å²) in [5, 5.41) is 9.08. The number of amides is 1. The van der Waals surface area contributed by atoms with Gasteiger partial charge in [0.05, 0.1) is 5.41 Å². The number of aliphatic hydroxyl groups is 1. The Balaban J connectivity index is 1.48. The molecule has 1 atom stereocenters. The Morgan fingerprint density at radius 3 is 2.25 bits per heavy atom. The van der Waals surface area contributed by atoms with E-state index in [0.717, 1.165) is 43.7 Å². The third kappa shape index (κ3) is 2.01. The molecule has 4 aliphatic carbocycles. The van der Waals surface area contributed by atoms with E-state index in [1.165, 1.54) is 38.5 Å². The highest BCUT2D eigenvalue weighted by Gasteiger charge is 2.55. The van der Waals surface area contributed by atoms with Gasteiger partial charge in [0.2, 0.25) is 5.91 Å². The molecule has 0 aromatic rings. The van der Waals surface area contributed by atoms with Gasteiger partial charge in [-0.3, -0.25) is 4.79 Å². The monoisotopic (exact) mass is 277 g/mol. The summed E-state index contributed by atoms with van der Waals surface area (Å²) in [5.41, 5.74) is 0.0306. The highest BCUT2D eigenvalue weighted by Crippen LogP contribution is 2.60. The Morgan fingerprint density at radius 1 is 1.10 bits per heavy atom. The van der Waals surface area contributed by atoms with Gasteiger partial charge in [-0.1, -0.05) is 0 Å². The van der Waals surface area contributed by atoms with Crippen LogP contribution in [0.25, 0.3) is 0 Å². The number of rotatable bonds is 3. The van der Waals surface area contributed by atoms with Crippen LogP contribution in [0.15, 0.2) is 0 Å². The molecule has 3 nitrogen and oxygen atoms in total. The quantitative estimate of drug-likeness (QED) is 0.860. The molecule has 4 saturated carbocycles. The van der Waals surface area contributed by atoms with Crippen LogP contribution >= 0.6 is 0 Å². The highest BCUT2D eigenvalue weighted by molar-refractivity contribution is 5.83. The van der Waals surface area contributed by atoms with Gasteiger partial charge in [-0.25, -0.2) is 0 Å². The summed E-state index contributed by atoms with van der Waals surface area (Å²) < 4.78 is 0. The topological polar surface area (TPSA) is 40.5 Å². The van der Waals surface area contributed by atoms with Crippen molar-refractivity contribution < 1.29 is 9.90 Å². The minimum absolute atomic E-state index is 0.0306. The summed E-state index contributed by atoms with van der Waals surface area (Å²) in [6.07, 6.45) is 9.71. The Morgan fingerprint density at radius 2 is 1.70 bits per heavy atom. The van der Waals surface area contributed by atoms with Crippen molar-refractivity contribution in [2.75, 3.05) is 19.7 Å². The molecule has 112 valence electrons.